The standard InChI is InChI=1S/C20H21ClN4O2S2/c21-17-10-4-5-11-18(17)25-19(24-12-6-7-13-24)22-23-20(25)28-14-15-29(26,27)16-8-2-1-3-9-16/h1-5,8-11H,6-7,12-15H2. The Morgan fingerprint density at radius 1 is 0.966 bits per heavy atom. The van der Waals surface area contributed by atoms with Crippen molar-refractivity contribution >= 4 is 39.1 Å². The summed E-state index contributed by atoms with van der Waals surface area (Å²) in [5, 5.41) is 10.00. The van der Waals surface area contributed by atoms with E-state index >= 15 is 0 Å². The molecule has 0 radical (unpaired) electrons. The first-order valence-electron chi connectivity index (χ1n) is 9.42. The van der Waals surface area contributed by atoms with Crippen molar-refractivity contribution in [2.45, 2.75) is 22.9 Å². The molecule has 2 heterocycles. The van der Waals surface area contributed by atoms with Gasteiger partial charge in [0.15, 0.2) is 15.0 Å². The van der Waals surface area contributed by atoms with Crippen molar-refractivity contribution in [1.82, 2.24) is 14.8 Å². The molecule has 1 saturated heterocycles. The van der Waals surface area contributed by atoms with Gasteiger partial charge in [0.1, 0.15) is 0 Å². The highest BCUT2D eigenvalue weighted by Gasteiger charge is 2.24. The summed E-state index contributed by atoms with van der Waals surface area (Å²) in [5.74, 6) is 1.15. The molecule has 0 N–H and O–H groups in total. The number of halogens is 1. The minimum Gasteiger partial charge on any atom is -0.341 e. The van der Waals surface area contributed by atoms with Gasteiger partial charge >= 0.3 is 0 Å². The van der Waals surface area contributed by atoms with Crippen LogP contribution < -0.4 is 4.90 Å². The zero-order valence-corrected chi connectivity index (χ0v) is 18.1. The summed E-state index contributed by atoms with van der Waals surface area (Å²) in [6.07, 6.45) is 2.24. The number of sulfone groups is 1. The van der Waals surface area contributed by atoms with Gasteiger partial charge in [-0.2, -0.15) is 0 Å². The molecule has 2 aromatic carbocycles. The first-order valence-corrected chi connectivity index (χ1v) is 12.4. The van der Waals surface area contributed by atoms with Crippen molar-refractivity contribution in [2.24, 2.45) is 0 Å². The molecule has 0 unspecified atom stereocenters. The van der Waals surface area contributed by atoms with Gasteiger partial charge in [-0.15, -0.1) is 10.2 Å². The summed E-state index contributed by atoms with van der Waals surface area (Å²) >= 11 is 7.83. The van der Waals surface area contributed by atoms with Gasteiger partial charge in [0.25, 0.3) is 0 Å². The lowest BCUT2D eigenvalue weighted by Gasteiger charge is -2.19. The number of anilines is 1. The summed E-state index contributed by atoms with van der Waals surface area (Å²) in [6.45, 7) is 1.85. The van der Waals surface area contributed by atoms with Gasteiger partial charge in [-0.3, -0.25) is 4.57 Å². The van der Waals surface area contributed by atoms with Crippen LogP contribution in [0.3, 0.4) is 0 Å². The van der Waals surface area contributed by atoms with E-state index in [4.69, 9.17) is 11.6 Å². The van der Waals surface area contributed by atoms with Crippen LogP contribution in [0.5, 0.6) is 0 Å². The Bertz CT molecular complexity index is 1080. The van der Waals surface area contributed by atoms with Crippen molar-refractivity contribution in [3.63, 3.8) is 0 Å². The van der Waals surface area contributed by atoms with Crippen LogP contribution in [0.4, 0.5) is 5.95 Å². The van der Waals surface area contributed by atoms with Crippen molar-refractivity contribution in [1.29, 1.82) is 0 Å². The molecule has 0 spiro atoms. The molecule has 0 bridgehead atoms. The van der Waals surface area contributed by atoms with Crippen molar-refractivity contribution in [2.75, 3.05) is 29.5 Å². The highest BCUT2D eigenvalue weighted by molar-refractivity contribution is 8.00. The predicted octanol–water partition coefficient (Wildman–Crippen LogP) is 4.09. The molecule has 4 rings (SSSR count). The summed E-state index contributed by atoms with van der Waals surface area (Å²) in [7, 11) is -3.34. The number of hydrogen-bond donors (Lipinski definition) is 0. The molecule has 152 valence electrons. The topological polar surface area (TPSA) is 68.1 Å². The zero-order valence-electron chi connectivity index (χ0n) is 15.7. The number of benzene rings is 2. The molecule has 3 aromatic rings. The van der Waals surface area contributed by atoms with E-state index in [0.29, 0.717) is 20.8 Å². The fraction of sp³-hybridized carbons (Fsp3) is 0.300. The van der Waals surface area contributed by atoms with E-state index in [0.717, 1.165) is 37.6 Å². The van der Waals surface area contributed by atoms with Crippen LogP contribution in [0.2, 0.25) is 5.02 Å². The number of rotatable bonds is 7. The zero-order chi connectivity index (χ0) is 20.3. The van der Waals surface area contributed by atoms with Gasteiger partial charge in [-0.1, -0.05) is 53.7 Å². The van der Waals surface area contributed by atoms with Crippen LogP contribution in [0.15, 0.2) is 64.6 Å². The summed E-state index contributed by atoms with van der Waals surface area (Å²) < 4.78 is 27.1. The number of para-hydroxylation sites is 1. The normalized spacial score (nSPS) is 14.4. The number of hydrogen-bond acceptors (Lipinski definition) is 6. The van der Waals surface area contributed by atoms with Gasteiger partial charge < -0.3 is 4.90 Å². The Hall–Kier alpha value is -2.03. The third kappa shape index (κ3) is 4.44. The lowest BCUT2D eigenvalue weighted by Crippen LogP contribution is -2.22. The summed E-state index contributed by atoms with van der Waals surface area (Å²) in [4.78, 5) is 2.53. The predicted molar refractivity (Wildman–Crippen MR) is 117 cm³/mol. The molecule has 6 nitrogen and oxygen atoms in total. The molecule has 1 fully saturated rings. The van der Waals surface area contributed by atoms with Crippen molar-refractivity contribution in [3.05, 3.63) is 59.6 Å². The van der Waals surface area contributed by atoms with Crippen LogP contribution in [-0.4, -0.2) is 47.8 Å². The van der Waals surface area contributed by atoms with Gasteiger partial charge in [0.2, 0.25) is 5.95 Å². The number of aromatic nitrogens is 3. The van der Waals surface area contributed by atoms with E-state index in [1.54, 1.807) is 30.3 Å². The van der Waals surface area contributed by atoms with Crippen LogP contribution in [-0.2, 0) is 9.84 Å². The van der Waals surface area contributed by atoms with E-state index < -0.39 is 9.84 Å². The minimum atomic E-state index is -3.34. The Balaban J connectivity index is 1.58. The molecule has 0 aliphatic carbocycles. The second-order valence-corrected chi connectivity index (χ2v) is 10.3. The fourth-order valence-electron chi connectivity index (χ4n) is 3.31. The summed E-state index contributed by atoms with van der Waals surface area (Å²) in [6, 6.07) is 16.1. The van der Waals surface area contributed by atoms with Gasteiger partial charge in [-0.25, -0.2) is 8.42 Å². The number of nitrogens with zero attached hydrogens (tertiary/aromatic N) is 4. The smallest absolute Gasteiger partial charge is 0.232 e. The molecule has 1 aliphatic heterocycles. The Morgan fingerprint density at radius 3 is 2.38 bits per heavy atom. The second kappa shape index (κ2) is 8.77. The lowest BCUT2D eigenvalue weighted by atomic mass is 10.3. The quantitative estimate of drug-likeness (QED) is 0.507. The third-order valence-corrected chi connectivity index (χ3v) is 8.02. The van der Waals surface area contributed by atoms with Crippen molar-refractivity contribution in [3.8, 4) is 5.69 Å². The first kappa shape index (κ1) is 20.3. The molecule has 0 saturated carbocycles. The van der Waals surface area contributed by atoms with Crippen LogP contribution >= 0.6 is 23.4 Å². The monoisotopic (exact) mass is 448 g/mol. The van der Waals surface area contributed by atoms with E-state index in [9.17, 15) is 8.42 Å². The second-order valence-electron chi connectivity index (χ2n) is 6.74. The molecule has 9 heteroatoms. The molecular formula is C20H21ClN4O2S2. The van der Waals surface area contributed by atoms with Crippen LogP contribution in [0.25, 0.3) is 5.69 Å². The van der Waals surface area contributed by atoms with E-state index in [1.807, 2.05) is 28.8 Å². The van der Waals surface area contributed by atoms with Gasteiger partial charge in [0.05, 0.1) is 21.4 Å². The maximum atomic E-state index is 12.6. The Labute approximate surface area is 179 Å². The minimum absolute atomic E-state index is 0.0239. The van der Waals surface area contributed by atoms with Gasteiger partial charge in [0, 0.05) is 18.8 Å². The molecule has 0 amide bonds. The third-order valence-electron chi connectivity index (χ3n) is 4.78. The van der Waals surface area contributed by atoms with Crippen LogP contribution in [0.1, 0.15) is 12.8 Å². The highest BCUT2D eigenvalue weighted by atomic mass is 35.5. The average molecular weight is 449 g/mol. The van der Waals surface area contributed by atoms with E-state index in [2.05, 4.69) is 15.1 Å². The molecule has 0 atom stereocenters. The Kier molecular flexibility index (Phi) is 6.12. The van der Waals surface area contributed by atoms with E-state index in [1.165, 1.54) is 11.8 Å². The van der Waals surface area contributed by atoms with Crippen molar-refractivity contribution < 1.29 is 8.42 Å². The molecule has 1 aromatic heterocycles. The maximum Gasteiger partial charge on any atom is 0.232 e. The van der Waals surface area contributed by atoms with Crippen LogP contribution in [0, 0.1) is 0 Å². The first-order chi connectivity index (χ1) is 14.1. The van der Waals surface area contributed by atoms with Gasteiger partial charge in [-0.05, 0) is 37.1 Å². The fourth-order valence-corrected chi connectivity index (χ4v) is 6.14. The number of thioether (sulfide) groups is 1. The largest absolute Gasteiger partial charge is 0.341 e. The average Bonchev–Trinajstić information content (AvgIpc) is 3.39. The Morgan fingerprint density at radius 2 is 1.66 bits per heavy atom. The molecular weight excluding hydrogens is 428 g/mol. The highest BCUT2D eigenvalue weighted by Crippen LogP contribution is 2.32. The lowest BCUT2D eigenvalue weighted by molar-refractivity contribution is 0.597. The summed E-state index contributed by atoms with van der Waals surface area (Å²) in [5.41, 5.74) is 0.800. The molecule has 29 heavy (non-hydrogen) atoms. The van der Waals surface area contributed by atoms with E-state index in [-0.39, 0.29) is 5.75 Å². The molecule has 1 aliphatic rings. The SMILES string of the molecule is O=S(=O)(CCSc1nnc(N2CCCC2)n1-c1ccccc1Cl)c1ccccc1. The maximum absolute atomic E-state index is 12.6.